The van der Waals surface area contributed by atoms with Crippen LogP contribution in [0.1, 0.15) is 54.9 Å². The molecular formula is C22H23NO3S. The highest BCUT2D eigenvalue weighted by atomic mass is 32.1. The predicted octanol–water partition coefficient (Wildman–Crippen LogP) is 4.54. The molecule has 1 aliphatic heterocycles. The summed E-state index contributed by atoms with van der Waals surface area (Å²) >= 11 is 1.61. The number of carbonyl (C=O) groups is 2. The summed E-state index contributed by atoms with van der Waals surface area (Å²) in [5, 5.41) is 4.98. The Morgan fingerprint density at radius 3 is 2.63 bits per heavy atom. The lowest BCUT2D eigenvalue weighted by molar-refractivity contribution is -0.122. The molecule has 0 bridgehead atoms. The van der Waals surface area contributed by atoms with Gasteiger partial charge >= 0.3 is 0 Å². The minimum atomic E-state index is -0.0907. The van der Waals surface area contributed by atoms with E-state index < -0.39 is 0 Å². The van der Waals surface area contributed by atoms with Gasteiger partial charge in [0.05, 0.1) is 6.61 Å². The lowest BCUT2D eigenvalue weighted by atomic mass is 9.75. The first-order valence-corrected chi connectivity index (χ1v) is 10.4. The number of hydrogen-bond donors (Lipinski definition) is 1. The summed E-state index contributed by atoms with van der Waals surface area (Å²) in [5.41, 5.74) is 2.75. The topological polar surface area (TPSA) is 55.4 Å². The van der Waals surface area contributed by atoms with Gasteiger partial charge in [-0.05, 0) is 47.9 Å². The Bertz CT molecular complexity index is 867. The average Bonchev–Trinajstić information content (AvgIpc) is 3.20. The Hall–Kier alpha value is -2.40. The minimum Gasteiger partial charge on any atom is -0.494 e. The van der Waals surface area contributed by atoms with Gasteiger partial charge in [-0.25, -0.2) is 0 Å². The van der Waals surface area contributed by atoms with E-state index in [1.165, 1.54) is 0 Å². The maximum Gasteiger partial charge on any atom is 0.225 e. The molecule has 27 heavy (non-hydrogen) atoms. The lowest BCUT2D eigenvalue weighted by Crippen LogP contribution is -2.37. The molecule has 0 spiro atoms. The molecule has 2 heterocycles. The fourth-order valence-electron chi connectivity index (χ4n) is 3.98. The lowest BCUT2D eigenvalue weighted by Gasteiger charge is -2.34. The fraction of sp³-hybridized carbons (Fsp3) is 0.364. The van der Waals surface area contributed by atoms with E-state index in [1.807, 2.05) is 41.8 Å². The fourth-order valence-corrected chi connectivity index (χ4v) is 4.82. The van der Waals surface area contributed by atoms with Gasteiger partial charge in [-0.1, -0.05) is 25.1 Å². The third-order valence-corrected chi connectivity index (χ3v) is 6.23. The molecule has 2 aliphatic rings. The first kappa shape index (κ1) is 18.0. The number of allylic oxidation sites excluding steroid dienone is 2. The van der Waals surface area contributed by atoms with E-state index in [-0.39, 0.29) is 23.5 Å². The van der Waals surface area contributed by atoms with Gasteiger partial charge in [-0.3, -0.25) is 9.59 Å². The van der Waals surface area contributed by atoms with Gasteiger partial charge in [-0.15, -0.1) is 11.3 Å². The monoisotopic (exact) mass is 381 g/mol. The number of amides is 1. The Kier molecular flexibility index (Phi) is 5.12. The number of rotatable bonds is 5. The molecule has 1 aromatic carbocycles. The third kappa shape index (κ3) is 3.69. The smallest absolute Gasteiger partial charge is 0.225 e. The molecule has 0 fully saturated rings. The third-order valence-electron chi connectivity index (χ3n) is 5.25. The number of Topliss-reactive ketones (excluding diaryl/α,β-unsaturated/α-hetero) is 1. The number of carbonyl (C=O) groups excluding carboxylic acids is 2. The van der Waals surface area contributed by atoms with Gasteiger partial charge in [0.2, 0.25) is 5.91 Å². The summed E-state index contributed by atoms with van der Waals surface area (Å²) < 4.78 is 5.64. The molecular weight excluding hydrogens is 358 g/mol. The van der Waals surface area contributed by atoms with Crippen molar-refractivity contribution in [3.8, 4) is 5.75 Å². The highest BCUT2D eigenvalue weighted by Crippen LogP contribution is 2.43. The second-order valence-electron chi connectivity index (χ2n) is 7.16. The van der Waals surface area contributed by atoms with Crippen molar-refractivity contribution < 1.29 is 14.3 Å². The van der Waals surface area contributed by atoms with E-state index in [0.717, 1.165) is 33.9 Å². The van der Waals surface area contributed by atoms with Crippen LogP contribution >= 0.6 is 11.3 Å². The number of nitrogens with one attached hydrogen (secondary N) is 1. The SMILES string of the molecule is CCCOc1ccc(C2CC(=O)C3=C(C2)NC(=O)CC3c2cccs2)cc1. The Morgan fingerprint density at radius 1 is 1.11 bits per heavy atom. The van der Waals surface area contributed by atoms with Crippen molar-refractivity contribution in [2.24, 2.45) is 0 Å². The maximum atomic E-state index is 13.0. The molecule has 4 rings (SSSR count). The van der Waals surface area contributed by atoms with E-state index in [4.69, 9.17) is 4.74 Å². The quantitative estimate of drug-likeness (QED) is 0.827. The summed E-state index contributed by atoms with van der Waals surface area (Å²) in [7, 11) is 0. The first-order chi connectivity index (χ1) is 13.2. The van der Waals surface area contributed by atoms with Crippen LogP contribution in [0, 0.1) is 0 Å². The van der Waals surface area contributed by atoms with E-state index in [9.17, 15) is 9.59 Å². The normalized spacial score (nSPS) is 22.4. The van der Waals surface area contributed by atoms with Crippen LogP contribution in [-0.2, 0) is 9.59 Å². The van der Waals surface area contributed by atoms with E-state index in [2.05, 4.69) is 12.2 Å². The van der Waals surface area contributed by atoms with Crippen molar-refractivity contribution in [1.29, 1.82) is 0 Å². The molecule has 5 heteroatoms. The van der Waals surface area contributed by atoms with Gasteiger partial charge in [0.15, 0.2) is 5.78 Å². The van der Waals surface area contributed by atoms with E-state index in [0.29, 0.717) is 25.9 Å². The summed E-state index contributed by atoms with van der Waals surface area (Å²) in [5.74, 6) is 1.02. The van der Waals surface area contributed by atoms with Crippen LogP contribution < -0.4 is 10.1 Å². The first-order valence-electron chi connectivity index (χ1n) is 9.48. The zero-order valence-corrected chi connectivity index (χ0v) is 16.2. The average molecular weight is 381 g/mol. The van der Waals surface area contributed by atoms with Crippen molar-refractivity contribution in [3.05, 3.63) is 63.5 Å². The molecule has 2 aromatic rings. The molecule has 1 N–H and O–H groups in total. The van der Waals surface area contributed by atoms with E-state index >= 15 is 0 Å². The molecule has 0 saturated carbocycles. The number of ketones is 1. The largest absolute Gasteiger partial charge is 0.494 e. The van der Waals surface area contributed by atoms with Crippen molar-refractivity contribution >= 4 is 23.0 Å². The predicted molar refractivity (Wildman–Crippen MR) is 106 cm³/mol. The molecule has 2 unspecified atom stereocenters. The Balaban J connectivity index is 1.58. The molecule has 1 amide bonds. The zero-order chi connectivity index (χ0) is 18.8. The summed E-state index contributed by atoms with van der Waals surface area (Å²) in [4.78, 5) is 26.4. The van der Waals surface area contributed by atoms with Crippen molar-refractivity contribution in [1.82, 2.24) is 5.32 Å². The van der Waals surface area contributed by atoms with Crippen molar-refractivity contribution in [3.63, 3.8) is 0 Å². The van der Waals surface area contributed by atoms with Gasteiger partial charge in [-0.2, -0.15) is 0 Å². The molecule has 1 aliphatic carbocycles. The Morgan fingerprint density at radius 2 is 1.93 bits per heavy atom. The van der Waals surface area contributed by atoms with Crippen LogP contribution in [0.15, 0.2) is 53.0 Å². The highest BCUT2D eigenvalue weighted by Gasteiger charge is 2.38. The number of benzene rings is 1. The van der Waals surface area contributed by atoms with Crippen molar-refractivity contribution in [2.45, 2.75) is 44.4 Å². The van der Waals surface area contributed by atoms with Crippen LogP contribution in [0.25, 0.3) is 0 Å². The van der Waals surface area contributed by atoms with Gasteiger partial charge < -0.3 is 10.1 Å². The van der Waals surface area contributed by atoms with Crippen molar-refractivity contribution in [2.75, 3.05) is 6.61 Å². The summed E-state index contributed by atoms with van der Waals surface area (Å²) in [6, 6.07) is 12.0. The number of ether oxygens (including phenoxy) is 1. The number of thiophene rings is 1. The second-order valence-corrected chi connectivity index (χ2v) is 8.14. The number of hydrogen-bond acceptors (Lipinski definition) is 4. The molecule has 140 valence electrons. The summed E-state index contributed by atoms with van der Waals surface area (Å²) in [6.07, 6.45) is 2.52. The van der Waals surface area contributed by atoms with Crippen LogP contribution in [0.3, 0.4) is 0 Å². The van der Waals surface area contributed by atoms with Gasteiger partial charge in [0.25, 0.3) is 0 Å². The highest BCUT2D eigenvalue weighted by molar-refractivity contribution is 7.10. The van der Waals surface area contributed by atoms with Gasteiger partial charge in [0.1, 0.15) is 5.75 Å². The molecule has 0 saturated heterocycles. The molecule has 4 nitrogen and oxygen atoms in total. The molecule has 1 aromatic heterocycles. The minimum absolute atomic E-state index is 0.00362. The zero-order valence-electron chi connectivity index (χ0n) is 15.4. The second kappa shape index (κ2) is 7.69. The van der Waals surface area contributed by atoms with Crippen LogP contribution in [0.4, 0.5) is 0 Å². The van der Waals surface area contributed by atoms with Crippen LogP contribution in [-0.4, -0.2) is 18.3 Å². The summed E-state index contributed by atoms with van der Waals surface area (Å²) in [6.45, 7) is 2.78. The maximum absolute atomic E-state index is 13.0. The molecule has 2 atom stereocenters. The standard InChI is InChI=1S/C22H23NO3S/c1-2-9-26-16-7-5-14(6-8-16)15-11-18-22(19(24)12-15)17(13-21(25)23-18)20-4-3-10-27-20/h3-8,10,15,17H,2,9,11-13H2,1H3,(H,23,25). The molecule has 0 radical (unpaired) electrons. The van der Waals surface area contributed by atoms with Crippen LogP contribution in [0.2, 0.25) is 0 Å². The van der Waals surface area contributed by atoms with Crippen LogP contribution in [0.5, 0.6) is 5.75 Å². The van der Waals surface area contributed by atoms with E-state index in [1.54, 1.807) is 11.3 Å². The Labute approximate surface area is 163 Å². The van der Waals surface area contributed by atoms with Gasteiger partial charge in [0, 0.05) is 34.9 Å².